The number of nitrogens with one attached hydrogen (secondary N) is 1. The molecule has 1 atom stereocenters. The minimum atomic E-state index is -1.06. The molecule has 1 aromatic carbocycles. The molecule has 0 spiro atoms. The molecule has 0 aliphatic carbocycles. The van der Waals surface area contributed by atoms with Crippen LogP contribution < -0.4 is 5.32 Å². The lowest BCUT2D eigenvalue weighted by Crippen LogP contribution is -2.45. The minimum Gasteiger partial charge on any atom is -0.341 e. The van der Waals surface area contributed by atoms with E-state index in [-0.39, 0.29) is 18.4 Å². The van der Waals surface area contributed by atoms with E-state index in [4.69, 9.17) is 0 Å². The highest BCUT2D eigenvalue weighted by Gasteiger charge is 2.52. The summed E-state index contributed by atoms with van der Waals surface area (Å²) in [6.45, 7) is 3.30. The van der Waals surface area contributed by atoms with Crippen molar-refractivity contribution < 1.29 is 14.4 Å². The van der Waals surface area contributed by atoms with Crippen LogP contribution in [-0.4, -0.2) is 47.3 Å². The smallest absolute Gasteiger partial charge is 0.325 e. The fraction of sp³-hybridized carbons (Fsp3) is 0.526. The Bertz CT molecular complexity index is 655. The fourth-order valence-corrected chi connectivity index (χ4v) is 3.65. The lowest BCUT2D eigenvalue weighted by molar-refractivity contribution is -0.138. The average Bonchev–Trinajstić information content (AvgIpc) is 3.24. The Morgan fingerprint density at radius 2 is 1.84 bits per heavy atom. The SMILES string of the molecule is CCCCC1(c2ccccc2)NC(=O)N(CC(=O)N2CCCC2)C1=O. The zero-order valence-electron chi connectivity index (χ0n) is 14.7. The molecular formula is C19H25N3O3. The molecule has 0 saturated carbocycles. The molecule has 3 rings (SSSR count). The molecule has 0 radical (unpaired) electrons. The monoisotopic (exact) mass is 343 g/mol. The van der Waals surface area contributed by atoms with Crippen LogP contribution in [0.2, 0.25) is 0 Å². The first-order valence-corrected chi connectivity index (χ1v) is 9.06. The number of unbranched alkanes of at least 4 members (excludes halogenated alkanes) is 1. The van der Waals surface area contributed by atoms with Crippen molar-refractivity contribution in [2.45, 2.75) is 44.6 Å². The van der Waals surface area contributed by atoms with E-state index in [2.05, 4.69) is 12.2 Å². The van der Waals surface area contributed by atoms with Gasteiger partial charge in [-0.25, -0.2) is 4.79 Å². The number of likely N-dealkylation sites (tertiary alicyclic amines) is 1. The van der Waals surface area contributed by atoms with Crippen molar-refractivity contribution in [2.75, 3.05) is 19.6 Å². The van der Waals surface area contributed by atoms with Crippen LogP contribution in [-0.2, 0) is 15.1 Å². The highest BCUT2D eigenvalue weighted by molar-refractivity contribution is 6.09. The summed E-state index contributed by atoms with van der Waals surface area (Å²) < 4.78 is 0. The van der Waals surface area contributed by atoms with E-state index in [1.165, 1.54) is 0 Å². The topological polar surface area (TPSA) is 69.7 Å². The summed E-state index contributed by atoms with van der Waals surface area (Å²) in [6.07, 6.45) is 4.23. The highest BCUT2D eigenvalue weighted by Crippen LogP contribution is 2.34. The first-order valence-electron chi connectivity index (χ1n) is 9.06. The molecule has 2 aliphatic rings. The maximum absolute atomic E-state index is 13.2. The van der Waals surface area contributed by atoms with E-state index in [0.717, 1.165) is 36.1 Å². The molecule has 2 aliphatic heterocycles. The molecule has 1 aromatic rings. The van der Waals surface area contributed by atoms with Gasteiger partial charge in [0, 0.05) is 13.1 Å². The van der Waals surface area contributed by atoms with Crippen LogP contribution in [0.15, 0.2) is 30.3 Å². The van der Waals surface area contributed by atoms with E-state index in [1.54, 1.807) is 4.90 Å². The molecule has 0 bridgehead atoms. The molecule has 2 heterocycles. The van der Waals surface area contributed by atoms with Gasteiger partial charge in [-0.3, -0.25) is 14.5 Å². The van der Waals surface area contributed by atoms with Crippen molar-refractivity contribution in [1.82, 2.24) is 15.1 Å². The third-order valence-corrected chi connectivity index (χ3v) is 5.10. The molecule has 2 fully saturated rings. The van der Waals surface area contributed by atoms with Crippen molar-refractivity contribution in [3.63, 3.8) is 0 Å². The van der Waals surface area contributed by atoms with Gasteiger partial charge in [0.15, 0.2) is 0 Å². The summed E-state index contributed by atoms with van der Waals surface area (Å²) in [5.74, 6) is -0.468. The van der Waals surface area contributed by atoms with Gasteiger partial charge in [0.2, 0.25) is 5.91 Å². The van der Waals surface area contributed by atoms with Gasteiger partial charge < -0.3 is 10.2 Å². The molecule has 1 unspecified atom stereocenters. The molecule has 134 valence electrons. The van der Waals surface area contributed by atoms with Gasteiger partial charge >= 0.3 is 6.03 Å². The van der Waals surface area contributed by atoms with Crippen LogP contribution in [0.5, 0.6) is 0 Å². The van der Waals surface area contributed by atoms with E-state index < -0.39 is 11.6 Å². The lowest BCUT2D eigenvalue weighted by atomic mass is 9.85. The predicted octanol–water partition coefficient (Wildman–Crippen LogP) is 2.25. The Morgan fingerprint density at radius 3 is 2.48 bits per heavy atom. The number of rotatable bonds is 6. The number of carbonyl (C=O) groups excluding carboxylic acids is 3. The van der Waals surface area contributed by atoms with Crippen LogP contribution in [0, 0.1) is 0 Å². The van der Waals surface area contributed by atoms with Crippen LogP contribution in [0.25, 0.3) is 0 Å². The second-order valence-electron chi connectivity index (χ2n) is 6.78. The van der Waals surface area contributed by atoms with Crippen LogP contribution in [0.1, 0.15) is 44.6 Å². The number of benzene rings is 1. The standard InChI is InChI=1S/C19H25N3O3/c1-2-3-11-19(15-9-5-4-6-10-15)17(24)22(18(25)20-19)14-16(23)21-12-7-8-13-21/h4-6,9-10H,2-3,7-8,11-14H2,1H3,(H,20,25). The van der Waals surface area contributed by atoms with Gasteiger partial charge in [-0.05, 0) is 24.8 Å². The first kappa shape index (κ1) is 17.5. The quantitative estimate of drug-likeness (QED) is 0.806. The number of hydrogen-bond acceptors (Lipinski definition) is 3. The molecule has 4 amide bonds. The van der Waals surface area contributed by atoms with Crippen molar-refractivity contribution in [1.29, 1.82) is 0 Å². The number of urea groups is 1. The summed E-state index contributed by atoms with van der Waals surface area (Å²) in [7, 11) is 0. The molecular weight excluding hydrogens is 318 g/mol. The Labute approximate surface area is 148 Å². The first-order chi connectivity index (χ1) is 12.1. The Hall–Kier alpha value is -2.37. The van der Waals surface area contributed by atoms with Gasteiger partial charge in [-0.2, -0.15) is 0 Å². The highest BCUT2D eigenvalue weighted by atomic mass is 16.2. The van der Waals surface area contributed by atoms with Crippen LogP contribution in [0.4, 0.5) is 4.79 Å². The van der Waals surface area contributed by atoms with E-state index in [9.17, 15) is 14.4 Å². The summed E-state index contributed by atoms with van der Waals surface area (Å²) in [5.41, 5.74) is -0.280. The number of imide groups is 1. The van der Waals surface area contributed by atoms with E-state index in [1.807, 2.05) is 30.3 Å². The molecule has 6 nitrogen and oxygen atoms in total. The van der Waals surface area contributed by atoms with Gasteiger partial charge in [0.25, 0.3) is 5.91 Å². The third kappa shape index (κ3) is 3.25. The lowest BCUT2D eigenvalue weighted by Gasteiger charge is -2.27. The van der Waals surface area contributed by atoms with Gasteiger partial charge in [0.1, 0.15) is 12.1 Å². The molecule has 0 aromatic heterocycles. The summed E-state index contributed by atoms with van der Waals surface area (Å²) in [4.78, 5) is 40.9. The van der Waals surface area contributed by atoms with E-state index >= 15 is 0 Å². The van der Waals surface area contributed by atoms with E-state index in [0.29, 0.717) is 19.5 Å². The second-order valence-corrected chi connectivity index (χ2v) is 6.78. The summed E-state index contributed by atoms with van der Waals surface area (Å²) in [6, 6.07) is 8.85. The number of carbonyl (C=O) groups is 3. The number of hydrogen-bond donors (Lipinski definition) is 1. The normalized spacial score (nSPS) is 23.2. The maximum Gasteiger partial charge on any atom is 0.325 e. The average molecular weight is 343 g/mol. The zero-order valence-corrected chi connectivity index (χ0v) is 14.7. The predicted molar refractivity (Wildman–Crippen MR) is 93.7 cm³/mol. The molecule has 25 heavy (non-hydrogen) atoms. The van der Waals surface area contributed by atoms with Crippen molar-refractivity contribution in [2.24, 2.45) is 0 Å². The molecule has 6 heteroatoms. The zero-order chi connectivity index (χ0) is 17.9. The maximum atomic E-state index is 13.2. The van der Waals surface area contributed by atoms with Gasteiger partial charge in [0.05, 0.1) is 0 Å². The van der Waals surface area contributed by atoms with Gasteiger partial charge in [-0.15, -0.1) is 0 Å². The Morgan fingerprint density at radius 1 is 1.16 bits per heavy atom. The van der Waals surface area contributed by atoms with Crippen LogP contribution in [0.3, 0.4) is 0 Å². The van der Waals surface area contributed by atoms with Crippen LogP contribution >= 0.6 is 0 Å². The second kappa shape index (κ2) is 7.25. The minimum absolute atomic E-state index is 0.152. The third-order valence-electron chi connectivity index (χ3n) is 5.10. The fourth-order valence-electron chi connectivity index (χ4n) is 3.65. The van der Waals surface area contributed by atoms with Crippen molar-refractivity contribution in [3.8, 4) is 0 Å². The van der Waals surface area contributed by atoms with Crippen molar-refractivity contribution in [3.05, 3.63) is 35.9 Å². The number of nitrogens with zero attached hydrogens (tertiary/aromatic N) is 2. The summed E-state index contributed by atoms with van der Waals surface area (Å²) in [5, 5.41) is 2.88. The largest absolute Gasteiger partial charge is 0.341 e. The van der Waals surface area contributed by atoms with Crippen molar-refractivity contribution >= 4 is 17.8 Å². The Kier molecular flexibility index (Phi) is 5.06. The molecule has 1 N–H and O–H groups in total. The molecule has 2 saturated heterocycles. The van der Waals surface area contributed by atoms with Gasteiger partial charge in [-0.1, -0.05) is 50.1 Å². The Balaban J connectivity index is 1.84. The summed E-state index contributed by atoms with van der Waals surface area (Å²) >= 11 is 0. The number of amides is 4.